The molecule has 0 amide bonds. The Balaban J connectivity index is 2.95. The molecule has 0 nitrogen and oxygen atoms in total. The van der Waals surface area contributed by atoms with Gasteiger partial charge in [0.05, 0.1) is 0 Å². The first-order valence-corrected chi connectivity index (χ1v) is 5.39. The molecule has 0 saturated carbocycles. The molecule has 0 bridgehead atoms. The lowest BCUT2D eigenvalue weighted by atomic mass is 10.0. The van der Waals surface area contributed by atoms with E-state index in [-0.39, 0.29) is 0 Å². The summed E-state index contributed by atoms with van der Waals surface area (Å²) in [5.74, 6) is 0.963. The van der Waals surface area contributed by atoms with Crippen molar-refractivity contribution >= 4 is 22.6 Å². The Morgan fingerprint density at radius 1 is 1.33 bits per heavy atom. The largest absolute Gasteiger partial charge is 0.0864 e. The van der Waals surface area contributed by atoms with Crippen LogP contribution >= 0.6 is 22.6 Å². The standard InChI is InChI=1S/C8H17I/c1-3-5-8(2)6-4-7-9/h8H,3-7H2,1-2H3. The van der Waals surface area contributed by atoms with Crippen LogP contribution < -0.4 is 0 Å². The summed E-state index contributed by atoms with van der Waals surface area (Å²) in [6.07, 6.45) is 5.59. The topological polar surface area (TPSA) is 0 Å². The van der Waals surface area contributed by atoms with Gasteiger partial charge in [0.15, 0.2) is 0 Å². The van der Waals surface area contributed by atoms with Gasteiger partial charge in [0.25, 0.3) is 0 Å². The van der Waals surface area contributed by atoms with E-state index in [0.29, 0.717) is 0 Å². The van der Waals surface area contributed by atoms with Crippen LogP contribution in [0, 0.1) is 5.92 Å². The molecule has 0 aromatic carbocycles. The molecular formula is C8H17I. The quantitative estimate of drug-likeness (QED) is 0.508. The van der Waals surface area contributed by atoms with Crippen molar-refractivity contribution < 1.29 is 0 Å². The van der Waals surface area contributed by atoms with Gasteiger partial charge in [0.2, 0.25) is 0 Å². The molecule has 0 heterocycles. The Labute approximate surface area is 72.6 Å². The van der Waals surface area contributed by atoms with E-state index in [1.54, 1.807) is 0 Å². The van der Waals surface area contributed by atoms with Crippen LogP contribution in [0.3, 0.4) is 0 Å². The smallest absolute Gasteiger partial charge is 0.000463 e. The molecule has 1 heteroatoms. The predicted octanol–water partition coefficient (Wildman–Crippen LogP) is 3.64. The van der Waals surface area contributed by atoms with E-state index in [4.69, 9.17) is 0 Å². The monoisotopic (exact) mass is 240 g/mol. The number of hydrogen-bond donors (Lipinski definition) is 0. The highest BCUT2D eigenvalue weighted by Crippen LogP contribution is 2.12. The Kier molecular flexibility index (Phi) is 7.40. The van der Waals surface area contributed by atoms with Crippen molar-refractivity contribution in [3.8, 4) is 0 Å². The second kappa shape index (κ2) is 6.84. The number of hydrogen-bond acceptors (Lipinski definition) is 0. The van der Waals surface area contributed by atoms with E-state index in [1.165, 1.54) is 30.1 Å². The third-order valence-electron chi connectivity index (χ3n) is 1.61. The summed E-state index contributed by atoms with van der Waals surface area (Å²) >= 11 is 2.45. The lowest BCUT2D eigenvalue weighted by molar-refractivity contribution is 0.483. The van der Waals surface area contributed by atoms with E-state index in [0.717, 1.165) is 5.92 Å². The van der Waals surface area contributed by atoms with E-state index in [1.807, 2.05) is 0 Å². The summed E-state index contributed by atoms with van der Waals surface area (Å²) in [6, 6.07) is 0. The van der Waals surface area contributed by atoms with Crippen LogP contribution in [-0.4, -0.2) is 4.43 Å². The fourth-order valence-corrected chi connectivity index (χ4v) is 1.50. The first kappa shape index (κ1) is 9.73. The molecule has 0 aromatic rings. The molecule has 1 unspecified atom stereocenters. The van der Waals surface area contributed by atoms with Crippen LogP contribution in [0.15, 0.2) is 0 Å². The zero-order valence-electron chi connectivity index (χ0n) is 6.49. The molecule has 0 N–H and O–H groups in total. The summed E-state index contributed by atoms with van der Waals surface area (Å²) in [5, 5.41) is 0. The van der Waals surface area contributed by atoms with E-state index < -0.39 is 0 Å². The number of halogens is 1. The third kappa shape index (κ3) is 6.62. The number of alkyl halides is 1. The fraction of sp³-hybridized carbons (Fsp3) is 1.00. The van der Waals surface area contributed by atoms with Gasteiger partial charge in [-0.2, -0.15) is 0 Å². The maximum atomic E-state index is 2.45. The van der Waals surface area contributed by atoms with Crippen molar-refractivity contribution in [2.24, 2.45) is 5.92 Å². The SMILES string of the molecule is CCCC(C)CCCI. The molecule has 0 saturated heterocycles. The lowest BCUT2D eigenvalue weighted by Gasteiger charge is -2.06. The molecule has 56 valence electrons. The Hall–Kier alpha value is 0.730. The normalized spacial score (nSPS) is 13.7. The first-order valence-electron chi connectivity index (χ1n) is 3.87. The minimum atomic E-state index is 0.963. The highest BCUT2D eigenvalue weighted by Gasteiger charge is 1.97. The third-order valence-corrected chi connectivity index (χ3v) is 2.37. The van der Waals surface area contributed by atoms with Gasteiger partial charge in [-0.1, -0.05) is 49.3 Å². The fourth-order valence-electron chi connectivity index (χ4n) is 1.06. The Morgan fingerprint density at radius 2 is 2.00 bits per heavy atom. The van der Waals surface area contributed by atoms with E-state index in [2.05, 4.69) is 36.4 Å². The molecule has 0 aliphatic carbocycles. The molecule has 0 aromatic heterocycles. The second-order valence-corrected chi connectivity index (χ2v) is 3.80. The highest BCUT2D eigenvalue weighted by atomic mass is 127. The maximum absolute atomic E-state index is 2.45. The van der Waals surface area contributed by atoms with Crippen molar-refractivity contribution in [3.05, 3.63) is 0 Å². The summed E-state index contributed by atoms with van der Waals surface area (Å²) in [4.78, 5) is 0. The van der Waals surface area contributed by atoms with Crippen LogP contribution in [0.4, 0.5) is 0 Å². The van der Waals surface area contributed by atoms with Gasteiger partial charge in [-0.05, 0) is 23.2 Å². The van der Waals surface area contributed by atoms with Crippen molar-refractivity contribution in [1.82, 2.24) is 0 Å². The van der Waals surface area contributed by atoms with E-state index in [9.17, 15) is 0 Å². The number of rotatable bonds is 5. The zero-order valence-corrected chi connectivity index (χ0v) is 8.65. The van der Waals surface area contributed by atoms with Crippen LogP contribution in [-0.2, 0) is 0 Å². The zero-order chi connectivity index (χ0) is 7.11. The van der Waals surface area contributed by atoms with Gasteiger partial charge < -0.3 is 0 Å². The van der Waals surface area contributed by atoms with Crippen LogP contribution in [0.2, 0.25) is 0 Å². The van der Waals surface area contributed by atoms with E-state index >= 15 is 0 Å². The van der Waals surface area contributed by atoms with Crippen molar-refractivity contribution in [3.63, 3.8) is 0 Å². The van der Waals surface area contributed by atoms with Crippen LogP contribution in [0.5, 0.6) is 0 Å². The van der Waals surface area contributed by atoms with Crippen molar-refractivity contribution in [2.75, 3.05) is 4.43 Å². The first-order chi connectivity index (χ1) is 4.31. The van der Waals surface area contributed by atoms with Gasteiger partial charge in [0, 0.05) is 0 Å². The van der Waals surface area contributed by atoms with Gasteiger partial charge in [0.1, 0.15) is 0 Å². The van der Waals surface area contributed by atoms with Gasteiger partial charge >= 0.3 is 0 Å². The summed E-state index contributed by atoms with van der Waals surface area (Å²) in [5.41, 5.74) is 0. The summed E-state index contributed by atoms with van der Waals surface area (Å²) < 4.78 is 1.33. The molecule has 0 fully saturated rings. The lowest BCUT2D eigenvalue weighted by Crippen LogP contribution is -1.93. The average molecular weight is 240 g/mol. The molecule has 1 atom stereocenters. The average Bonchev–Trinajstić information content (AvgIpc) is 1.85. The van der Waals surface area contributed by atoms with Crippen LogP contribution in [0.25, 0.3) is 0 Å². The predicted molar refractivity (Wildman–Crippen MR) is 52.2 cm³/mol. The second-order valence-electron chi connectivity index (χ2n) is 2.73. The molecular weight excluding hydrogens is 223 g/mol. The highest BCUT2D eigenvalue weighted by molar-refractivity contribution is 14.1. The minimum absolute atomic E-state index is 0.963. The molecule has 0 spiro atoms. The Bertz CT molecular complexity index is 52.5. The molecule has 0 aliphatic heterocycles. The maximum Gasteiger partial charge on any atom is -0.000463 e. The van der Waals surface area contributed by atoms with Gasteiger partial charge in [-0.15, -0.1) is 0 Å². The van der Waals surface area contributed by atoms with Gasteiger partial charge in [-0.25, -0.2) is 0 Å². The molecule has 0 radical (unpaired) electrons. The summed E-state index contributed by atoms with van der Waals surface area (Å²) in [7, 11) is 0. The van der Waals surface area contributed by atoms with Crippen molar-refractivity contribution in [2.45, 2.75) is 39.5 Å². The molecule has 9 heavy (non-hydrogen) atoms. The van der Waals surface area contributed by atoms with Crippen molar-refractivity contribution in [1.29, 1.82) is 0 Å². The molecule has 0 rings (SSSR count). The summed E-state index contributed by atoms with van der Waals surface area (Å²) in [6.45, 7) is 4.62. The Morgan fingerprint density at radius 3 is 2.44 bits per heavy atom. The molecule has 0 aliphatic rings. The van der Waals surface area contributed by atoms with Crippen LogP contribution in [0.1, 0.15) is 39.5 Å². The van der Waals surface area contributed by atoms with Gasteiger partial charge in [-0.3, -0.25) is 0 Å². The minimum Gasteiger partial charge on any atom is -0.0864 e.